The van der Waals surface area contributed by atoms with Gasteiger partial charge in [-0.05, 0) is 55.1 Å². The van der Waals surface area contributed by atoms with E-state index in [1.807, 2.05) is 47.2 Å². The second-order valence-corrected chi connectivity index (χ2v) is 10.6. The number of unbranched alkanes of at least 4 members (excludes halogenated alkanes) is 1. The molecule has 0 saturated carbocycles. The topological polar surface area (TPSA) is 68.4 Å². The Kier molecular flexibility index (Phi) is 6.88. The standard InChI is InChI=1S/C28H32N4O2S/c1-3-4-7-21(14-20-17-29-24-9-6-5-8-23(20)24)30-28(34)26-15-19-10-11-22(16-25(19)35-26)32-13-12-31(2)18-27(32)33/h5-6,8-11,15-17,21,29H,3-4,7,12-14,18H2,1-2H3,(H,30,34). The minimum absolute atomic E-state index is 0.0237. The molecule has 2 aromatic carbocycles. The maximum Gasteiger partial charge on any atom is 0.261 e. The van der Waals surface area contributed by atoms with Gasteiger partial charge in [-0.1, -0.05) is 44.0 Å². The predicted molar refractivity (Wildman–Crippen MR) is 144 cm³/mol. The van der Waals surface area contributed by atoms with Crippen molar-refractivity contribution in [2.45, 2.75) is 38.6 Å². The van der Waals surface area contributed by atoms with Crippen molar-refractivity contribution in [3.8, 4) is 0 Å². The minimum Gasteiger partial charge on any atom is -0.361 e. The number of para-hydroxylation sites is 1. The quantitative estimate of drug-likeness (QED) is 0.359. The van der Waals surface area contributed by atoms with Crippen LogP contribution in [0.15, 0.2) is 54.7 Å². The van der Waals surface area contributed by atoms with E-state index in [-0.39, 0.29) is 17.9 Å². The number of amides is 2. The molecule has 0 aliphatic carbocycles. The third-order valence-corrected chi connectivity index (χ3v) is 7.93. The molecule has 4 aromatic rings. The lowest BCUT2D eigenvalue weighted by atomic mass is 10.0. The van der Waals surface area contributed by atoms with Crippen LogP contribution in [0.1, 0.15) is 41.4 Å². The zero-order valence-electron chi connectivity index (χ0n) is 20.3. The summed E-state index contributed by atoms with van der Waals surface area (Å²) in [6.07, 6.45) is 5.98. The first kappa shape index (κ1) is 23.6. The molecular formula is C28H32N4O2S. The summed E-state index contributed by atoms with van der Waals surface area (Å²) in [5, 5.41) is 5.56. The predicted octanol–water partition coefficient (Wildman–Crippen LogP) is 5.19. The third kappa shape index (κ3) is 5.11. The van der Waals surface area contributed by atoms with E-state index in [4.69, 9.17) is 0 Å². The summed E-state index contributed by atoms with van der Waals surface area (Å²) >= 11 is 1.50. The molecule has 0 radical (unpaired) electrons. The van der Waals surface area contributed by atoms with Crippen LogP contribution in [0.5, 0.6) is 0 Å². The second-order valence-electron chi connectivity index (χ2n) is 9.49. The average Bonchev–Trinajstić information content (AvgIpc) is 3.46. The van der Waals surface area contributed by atoms with E-state index in [1.54, 1.807) is 0 Å². The van der Waals surface area contributed by atoms with E-state index < -0.39 is 0 Å². The molecule has 1 atom stereocenters. The fourth-order valence-corrected chi connectivity index (χ4v) is 5.86. The van der Waals surface area contributed by atoms with Gasteiger partial charge in [0.15, 0.2) is 0 Å². The maximum atomic E-state index is 13.3. The Morgan fingerprint density at radius 3 is 2.86 bits per heavy atom. The highest BCUT2D eigenvalue weighted by molar-refractivity contribution is 7.20. The highest BCUT2D eigenvalue weighted by Gasteiger charge is 2.23. The van der Waals surface area contributed by atoms with Crippen molar-refractivity contribution >= 4 is 49.8 Å². The molecule has 1 unspecified atom stereocenters. The molecule has 182 valence electrons. The Morgan fingerprint density at radius 1 is 1.17 bits per heavy atom. The number of piperazine rings is 1. The lowest BCUT2D eigenvalue weighted by Crippen LogP contribution is -2.48. The van der Waals surface area contributed by atoms with Crippen LogP contribution in [-0.2, 0) is 11.2 Å². The largest absolute Gasteiger partial charge is 0.361 e. The third-order valence-electron chi connectivity index (χ3n) is 6.83. The molecule has 0 spiro atoms. The molecule has 5 rings (SSSR count). The lowest BCUT2D eigenvalue weighted by molar-refractivity contribution is -0.120. The number of rotatable bonds is 8. The highest BCUT2D eigenvalue weighted by atomic mass is 32.1. The Hall–Kier alpha value is -3.16. The first-order valence-electron chi connectivity index (χ1n) is 12.4. The van der Waals surface area contributed by atoms with E-state index in [9.17, 15) is 9.59 Å². The van der Waals surface area contributed by atoms with E-state index >= 15 is 0 Å². The van der Waals surface area contributed by atoms with Gasteiger partial charge in [-0.15, -0.1) is 11.3 Å². The monoisotopic (exact) mass is 488 g/mol. The van der Waals surface area contributed by atoms with Gasteiger partial charge in [0.25, 0.3) is 5.91 Å². The number of fused-ring (bicyclic) bond motifs is 2. The lowest BCUT2D eigenvalue weighted by Gasteiger charge is -2.32. The SMILES string of the molecule is CCCCC(Cc1c[nH]c2ccccc12)NC(=O)c1cc2ccc(N3CCN(C)CC3=O)cc2s1. The number of carbonyl (C=O) groups excluding carboxylic acids is 2. The number of hydrogen-bond acceptors (Lipinski definition) is 4. The number of anilines is 1. The van der Waals surface area contributed by atoms with Crippen molar-refractivity contribution in [2.75, 3.05) is 31.6 Å². The molecule has 2 amide bonds. The van der Waals surface area contributed by atoms with Gasteiger partial charge in [0.05, 0.1) is 11.4 Å². The van der Waals surface area contributed by atoms with E-state index in [0.717, 1.165) is 53.5 Å². The molecule has 3 heterocycles. The number of thiophene rings is 1. The Morgan fingerprint density at radius 2 is 2.03 bits per heavy atom. The molecule has 2 aromatic heterocycles. The van der Waals surface area contributed by atoms with Crippen molar-refractivity contribution < 1.29 is 9.59 Å². The van der Waals surface area contributed by atoms with Crippen LogP contribution >= 0.6 is 11.3 Å². The Labute approximate surface area is 209 Å². The number of benzene rings is 2. The normalized spacial score (nSPS) is 15.7. The van der Waals surface area contributed by atoms with Gasteiger partial charge >= 0.3 is 0 Å². The van der Waals surface area contributed by atoms with Crippen LogP contribution in [0.3, 0.4) is 0 Å². The average molecular weight is 489 g/mol. The first-order chi connectivity index (χ1) is 17.0. The molecular weight excluding hydrogens is 456 g/mol. The van der Waals surface area contributed by atoms with Crippen molar-refractivity contribution in [1.29, 1.82) is 0 Å². The summed E-state index contributed by atoms with van der Waals surface area (Å²) in [6, 6.07) is 16.4. The van der Waals surface area contributed by atoms with Gasteiger partial charge in [-0.2, -0.15) is 0 Å². The molecule has 6 nitrogen and oxygen atoms in total. The number of aromatic nitrogens is 1. The molecule has 1 aliphatic heterocycles. The summed E-state index contributed by atoms with van der Waals surface area (Å²) in [6.45, 7) is 4.16. The fourth-order valence-electron chi connectivity index (χ4n) is 4.86. The zero-order valence-corrected chi connectivity index (χ0v) is 21.2. The number of nitrogens with one attached hydrogen (secondary N) is 2. The summed E-state index contributed by atoms with van der Waals surface area (Å²) in [5.74, 6) is 0.0908. The summed E-state index contributed by atoms with van der Waals surface area (Å²) in [7, 11) is 1.97. The molecule has 2 N–H and O–H groups in total. The van der Waals surface area contributed by atoms with Crippen LogP contribution in [0.4, 0.5) is 5.69 Å². The molecule has 7 heteroatoms. The van der Waals surface area contributed by atoms with Crippen molar-refractivity contribution in [1.82, 2.24) is 15.2 Å². The number of carbonyl (C=O) groups is 2. The Bertz CT molecular complexity index is 1360. The van der Waals surface area contributed by atoms with Gasteiger partial charge in [-0.3, -0.25) is 14.5 Å². The van der Waals surface area contributed by atoms with Crippen LogP contribution in [0, 0.1) is 0 Å². The van der Waals surface area contributed by atoms with Crippen LogP contribution < -0.4 is 10.2 Å². The zero-order chi connectivity index (χ0) is 24.4. The number of H-pyrrole nitrogens is 1. The smallest absolute Gasteiger partial charge is 0.261 e. The molecule has 0 bridgehead atoms. The van der Waals surface area contributed by atoms with E-state index in [0.29, 0.717) is 18.0 Å². The Balaban J connectivity index is 1.33. The van der Waals surface area contributed by atoms with E-state index in [1.165, 1.54) is 22.3 Å². The van der Waals surface area contributed by atoms with Gasteiger partial charge in [-0.25, -0.2) is 0 Å². The molecule has 1 saturated heterocycles. The van der Waals surface area contributed by atoms with Crippen molar-refractivity contribution in [3.05, 3.63) is 65.2 Å². The summed E-state index contributed by atoms with van der Waals surface area (Å²) in [5.41, 5.74) is 3.27. The van der Waals surface area contributed by atoms with Gasteiger partial charge in [0.1, 0.15) is 0 Å². The maximum absolute atomic E-state index is 13.3. The minimum atomic E-state index is -0.0237. The van der Waals surface area contributed by atoms with E-state index in [2.05, 4.69) is 41.6 Å². The highest BCUT2D eigenvalue weighted by Crippen LogP contribution is 2.31. The van der Waals surface area contributed by atoms with Gasteiger partial charge < -0.3 is 15.2 Å². The number of aromatic amines is 1. The first-order valence-corrected chi connectivity index (χ1v) is 13.2. The van der Waals surface area contributed by atoms with Gasteiger partial charge in [0.2, 0.25) is 5.91 Å². The van der Waals surface area contributed by atoms with Crippen molar-refractivity contribution in [2.24, 2.45) is 0 Å². The summed E-state index contributed by atoms with van der Waals surface area (Å²) in [4.78, 5) is 33.7. The molecule has 35 heavy (non-hydrogen) atoms. The molecule has 1 fully saturated rings. The summed E-state index contributed by atoms with van der Waals surface area (Å²) < 4.78 is 1.03. The van der Waals surface area contributed by atoms with Crippen molar-refractivity contribution in [3.63, 3.8) is 0 Å². The van der Waals surface area contributed by atoms with Crippen LogP contribution in [0.25, 0.3) is 21.0 Å². The fraction of sp³-hybridized carbons (Fsp3) is 0.357. The number of likely N-dealkylation sites (N-methyl/N-ethyl adjacent to an activating group) is 1. The second kappa shape index (κ2) is 10.2. The number of hydrogen-bond donors (Lipinski definition) is 2. The molecule has 1 aliphatic rings. The van der Waals surface area contributed by atoms with Gasteiger partial charge in [0, 0.05) is 46.6 Å². The number of nitrogens with zero attached hydrogens (tertiary/aromatic N) is 2. The van der Waals surface area contributed by atoms with Crippen LogP contribution in [-0.4, -0.2) is 54.4 Å². The van der Waals surface area contributed by atoms with Crippen LogP contribution in [0.2, 0.25) is 0 Å².